The van der Waals surface area contributed by atoms with E-state index >= 15 is 0 Å². The summed E-state index contributed by atoms with van der Waals surface area (Å²) in [5.41, 5.74) is 9.28. The van der Waals surface area contributed by atoms with Crippen molar-refractivity contribution in [2.24, 2.45) is 11.7 Å². The molecule has 0 aromatic heterocycles. The van der Waals surface area contributed by atoms with E-state index in [0.29, 0.717) is 17.2 Å². The molecule has 0 aliphatic carbocycles. The summed E-state index contributed by atoms with van der Waals surface area (Å²) >= 11 is 0. The third kappa shape index (κ3) is 7.08. The van der Waals surface area contributed by atoms with Crippen LogP contribution in [0.25, 0.3) is 0 Å². The number of rotatable bonds is 8. The predicted molar refractivity (Wildman–Crippen MR) is 113 cm³/mol. The van der Waals surface area contributed by atoms with Gasteiger partial charge in [0.25, 0.3) is 0 Å². The van der Waals surface area contributed by atoms with Crippen molar-refractivity contribution < 1.29 is 11.0 Å². The maximum atomic E-state index is 12.1. The molecule has 6 N–H and O–H groups in total. The number of anilines is 1. The molecule has 1 aromatic carbocycles. The number of methoxy groups -OCH3 is 1. The van der Waals surface area contributed by atoms with Crippen molar-refractivity contribution in [2.45, 2.75) is 66.2 Å². The first-order valence-corrected chi connectivity index (χ1v) is 9.00. The number of carbonyl (C=O) groups excluding carboxylic acids is 1. The summed E-state index contributed by atoms with van der Waals surface area (Å²) < 4.78 is 5.50. The van der Waals surface area contributed by atoms with E-state index in [1.165, 1.54) is 0 Å². The molecule has 5 nitrogen and oxygen atoms in total. The van der Waals surface area contributed by atoms with Crippen molar-refractivity contribution in [3.05, 3.63) is 35.2 Å². The van der Waals surface area contributed by atoms with Gasteiger partial charge >= 0.3 is 0 Å². The molecule has 0 saturated heterocycles. The predicted octanol–water partition coefficient (Wildman–Crippen LogP) is 5.64. The third-order valence-corrected chi connectivity index (χ3v) is 4.20. The molecule has 26 heavy (non-hydrogen) atoms. The zero-order valence-corrected chi connectivity index (χ0v) is 17.5. The zero-order valence-electron chi connectivity index (χ0n) is 17.5. The largest absolute Gasteiger partial charge is 0.494 e. The summed E-state index contributed by atoms with van der Waals surface area (Å²) in [4.78, 5) is 12.1. The first-order valence-electron chi connectivity index (χ1n) is 9.00. The van der Waals surface area contributed by atoms with Crippen molar-refractivity contribution in [1.29, 1.82) is 0 Å². The Labute approximate surface area is 160 Å². The van der Waals surface area contributed by atoms with Crippen molar-refractivity contribution in [3.8, 4) is 5.75 Å². The lowest BCUT2D eigenvalue weighted by atomic mass is 9.85. The normalized spacial score (nSPS) is 11.9. The molecule has 150 valence electrons. The van der Waals surface area contributed by atoms with Crippen molar-refractivity contribution in [1.82, 2.24) is 6.15 Å². The molecule has 0 saturated carbocycles. The monoisotopic (exact) mass is 365 g/mol. The van der Waals surface area contributed by atoms with E-state index in [1.54, 1.807) is 14.0 Å². The fourth-order valence-corrected chi connectivity index (χ4v) is 2.61. The van der Waals surface area contributed by atoms with Crippen LogP contribution in [-0.4, -0.2) is 12.9 Å². The van der Waals surface area contributed by atoms with E-state index in [9.17, 15) is 4.79 Å². The maximum absolute atomic E-state index is 12.1. The van der Waals surface area contributed by atoms with Gasteiger partial charge in [-0.25, -0.2) is 0 Å². The summed E-state index contributed by atoms with van der Waals surface area (Å²) in [5.74, 6) is 1.23. The minimum atomic E-state index is -0.0700. The number of benzene rings is 1. The van der Waals surface area contributed by atoms with Gasteiger partial charge in [0.1, 0.15) is 0 Å². The summed E-state index contributed by atoms with van der Waals surface area (Å²) in [6.07, 6.45) is 4.89. The SMILES string of the molecule is COc1c(N/C=C(\N)CCCC(C)C)cc(C(C)(C)C)cc1C(C)=O.N.[HH]. The molecular weight excluding hydrogens is 326 g/mol. The Kier molecular flexibility index (Phi) is 9.43. The topological polar surface area (TPSA) is 99.3 Å². The molecule has 1 aromatic rings. The van der Waals surface area contributed by atoms with Gasteiger partial charge in [0.15, 0.2) is 11.5 Å². The molecule has 0 amide bonds. The smallest absolute Gasteiger partial charge is 0.163 e. The molecule has 5 heteroatoms. The number of carbonyl (C=O) groups is 1. The van der Waals surface area contributed by atoms with E-state index in [1.807, 2.05) is 18.3 Å². The number of hydrogen-bond donors (Lipinski definition) is 3. The highest BCUT2D eigenvalue weighted by molar-refractivity contribution is 5.99. The van der Waals surface area contributed by atoms with E-state index in [-0.39, 0.29) is 18.8 Å². The van der Waals surface area contributed by atoms with E-state index < -0.39 is 0 Å². The average molecular weight is 366 g/mol. The summed E-state index contributed by atoms with van der Waals surface area (Å²) in [6.45, 7) is 12.4. The van der Waals surface area contributed by atoms with Gasteiger partial charge in [-0.05, 0) is 48.8 Å². The number of ether oxygens (including phenoxy) is 1. The van der Waals surface area contributed by atoms with Gasteiger partial charge in [-0.15, -0.1) is 0 Å². The van der Waals surface area contributed by atoms with Gasteiger partial charge in [-0.3, -0.25) is 4.79 Å². The second-order valence-corrected chi connectivity index (χ2v) is 8.06. The first kappa shape index (κ1) is 24.0. The number of Topliss-reactive ketones (excluding diaryl/α,β-unsaturated/α-hetero) is 1. The molecule has 0 aliphatic heterocycles. The Morgan fingerprint density at radius 1 is 1.35 bits per heavy atom. The summed E-state index contributed by atoms with van der Waals surface area (Å²) in [7, 11) is 1.58. The quantitative estimate of drug-likeness (QED) is 0.517. The van der Waals surface area contributed by atoms with E-state index in [0.717, 1.165) is 36.2 Å². The van der Waals surface area contributed by atoms with Crippen LogP contribution in [0.15, 0.2) is 24.0 Å². The van der Waals surface area contributed by atoms with E-state index in [2.05, 4.69) is 39.9 Å². The van der Waals surface area contributed by atoms with Crippen LogP contribution in [0.1, 0.15) is 78.2 Å². The van der Waals surface area contributed by atoms with Crippen LogP contribution in [-0.2, 0) is 5.41 Å². The van der Waals surface area contributed by atoms with Crippen LogP contribution in [0.4, 0.5) is 5.69 Å². The number of ketones is 1. The Morgan fingerprint density at radius 3 is 2.42 bits per heavy atom. The van der Waals surface area contributed by atoms with Crippen LogP contribution >= 0.6 is 0 Å². The minimum Gasteiger partial charge on any atom is -0.494 e. The van der Waals surface area contributed by atoms with Crippen molar-refractivity contribution >= 4 is 11.5 Å². The highest BCUT2D eigenvalue weighted by Crippen LogP contribution is 2.35. The van der Waals surface area contributed by atoms with Gasteiger partial charge in [-0.1, -0.05) is 41.0 Å². The van der Waals surface area contributed by atoms with Gasteiger partial charge in [-0.2, -0.15) is 0 Å². The fourth-order valence-electron chi connectivity index (χ4n) is 2.61. The van der Waals surface area contributed by atoms with Gasteiger partial charge in [0.05, 0.1) is 18.4 Å². The Hall–Kier alpha value is -2.01. The summed E-state index contributed by atoms with van der Waals surface area (Å²) in [6, 6.07) is 3.95. The lowest BCUT2D eigenvalue weighted by molar-refractivity contribution is 0.101. The van der Waals surface area contributed by atoms with Crippen LogP contribution in [0, 0.1) is 5.92 Å². The molecule has 0 bridgehead atoms. The molecule has 0 unspecified atom stereocenters. The fraction of sp³-hybridized carbons (Fsp3) is 0.571. The Balaban J connectivity index is 0. The lowest BCUT2D eigenvalue weighted by Gasteiger charge is -2.23. The zero-order chi connectivity index (χ0) is 19.2. The Morgan fingerprint density at radius 2 is 1.96 bits per heavy atom. The van der Waals surface area contributed by atoms with Crippen LogP contribution in [0.5, 0.6) is 5.75 Å². The molecular formula is C21H39N3O2. The number of hydrogen-bond acceptors (Lipinski definition) is 5. The van der Waals surface area contributed by atoms with Crippen molar-refractivity contribution in [3.63, 3.8) is 0 Å². The lowest BCUT2D eigenvalue weighted by Crippen LogP contribution is -2.14. The minimum absolute atomic E-state index is 0. The molecule has 0 spiro atoms. The standard InChI is InChI=1S/C21H34N2O2.H3N.H2/c1-14(2)9-8-10-17(22)13-23-19-12-16(21(4,5)6)11-18(15(3)24)20(19)25-7;;/h11-14,23H,8-10,22H2,1-7H3;1H3;1H/b17-13-;;. The maximum Gasteiger partial charge on any atom is 0.163 e. The van der Waals surface area contributed by atoms with Gasteiger partial charge < -0.3 is 21.9 Å². The molecule has 1 rings (SSSR count). The Bertz CT molecular complexity index is 635. The molecule has 0 fully saturated rings. The molecule has 0 radical (unpaired) electrons. The highest BCUT2D eigenvalue weighted by atomic mass is 16.5. The van der Waals surface area contributed by atoms with Gasteiger partial charge in [0, 0.05) is 13.3 Å². The van der Waals surface area contributed by atoms with Gasteiger partial charge in [0.2, 0.25) is 0 Å². The average Bonchev–Trinajstić information content (AvgIpc) is 2.50. The summed E-state index contributed by atoms with van der Waals surface area (Å²) in [5, 5.41) is 3.25. The first-order chi connectivity index (χ1) is 11.6. The van der Waals surface area contributed by atoms with Crippen LogP contribution < -0.4 is 21.9 Å². The highest BCUT2D eigenvalue weighted by Gasteiger charge is 2.21. The molecule has 0 aliphatic rings. The number of allylic oxidation sites excluding steroid dienone is 1. The van der Waals surface area contributed by atoms with E-state index in [4.69, 9.17) is 10.5 Å². The second kappa shape index (κ2) is 10.2. The number of nitrogens with one attached hydrogen (secondary N) is 1. The van der Waals surface area contributed by atoms with Crippen LogP contribution in [0.3, 0.4) is 0 Å². The van der Waals surface area contributed by atoms with Crippen molar-refractivity contribution in [2.75, 3.05) is 12.4 Å². The third-order valence-electron chi connectivity index (χ3n) is 4.20. The number of nitrogens with two attached hydrogens (primary N) is 1. The molecule has 0 atom stereocenters. The van der Waals surface area contributed by atoms with Crippen LogP contribution in [0.2, 0.25) is 0 Å². The second-order valence-electron chi connectivity index (χ2n) is 8.06. The molecule has 0 heterocycles.